The van der Waals surface area contributed by atoms with Gasteiger partial charge in [-0.05, 0) is 38.6 Å². The Kier molecular flexibility index (Phi) is 3.06. The van der Waals surface area contributed by atoms with Crippen LogP contribution in [0.2, 0.25) is 0 Å². The number of rotatable bonds is 2. The topological polar surface area (TPSA) is 32.3 Å². The van der Waals surface area contributed by atoms with Crippen LogP contribution in [0.1, 0.15) is 32.1 Å². The van der Waals surface area contributed by atoms with Gasteiger partial charge in [0.1, 0.15) is 0 Å². The van der Waals surface area contributed by atoms with Crippen molar-refractivity contribution >= 4 is 5.91 Å². The molecule has 0 radical (unpaired) electrons. The number of nitrogens with one attached hydrogen (secondary N) is 1. The van der Waals surface area contributed by atoms with E-state index in [1.165, 1.54) is 19.3 Å². The molecule has 2 fully saturated rings. The minimum atomic E-state index is 0.245. The number of carbonyl (C=O) groups is 1. The maximum atomic E-state index is 12.0. The zero-order chi connectivity index (χ0) is 9.97. The molecule has 1 heterocycles. The standard InChI is InChI=1S/C11H20N2O/c1-13(10-5-2-6-10)11(14)9-4-3-7-12-8-9/h9-10,12H,2-8H2,1H3/t9-/m0/s1. The van der Waals surface area contributed by atoms with Crippen LogP contribution >= 0.6 is 0 Å². The monoisotopic (exact) mass is 196 g/mol. The Bertz CT molecular complexity index is 203. The summed E-state index contributed by atoms with van der Waals surface area (Å²) in [4.78, 5) is 14.0. The van der Waals surface area contributed by atoms with E-state index in [0.717, 1.165) is 25.9 Å². The lowest BCUT2D eigenvalue weighted by atomic mass is 9.90. The second kappa shape index (κ2) is 4.30. The highest BCUT2D eigenvalue weighted by Gasteiger charge is 2.30. The molecule has 1 saturated heterocycles. The molecule has 2 aliphatic rings. The van der Waals surface area contributed by atoms with Crippen LogP contribution in [0.4, 0.5) is 0 Å². The van der Waals surface area contributed by atoms with Crippen molar-refractivity contribution < 1.29 is 4.79 Å². The molecule has 0 spiro atoms. The van der Waals surface area contributed by atoms with Crippen LogP contribution < -0.4 is 5.32 Å². The zero-order valence-electron chi connectivity index (χ0n) is 8.96. The molecular weight excluding hydrogens is 176 g/mol. The molecule has 0 unspecified atom stereocenters. The minimum absolute atomic E-state index is 0.245. The van der Waals surface area contributed by atoms with Gasteiger partial charge in [-0.2, -0.15) is 0 Å². The number of amides is 1. The van der Waals surface area contributed by atoms with E-state index < -0.39 is 0 Å². The van der Waals surface area contributed by atoms with Crippen molar-refractivity contribution in [2.45, 2.75) is 38.1 Å². The first-order valence-corrected chi connectivity index (χ1v) is 5.76. The predicted molar refractivity (Wildman–Crippen MR) is 56.0 cm³/mol. The van der Waals surface area contributed by atoms with Crippen molar-refractivity contribution in [2.75, 3.05) is 20.1 Å². The van der Waals surface area contributed by atoms with Crippen LogP contribution in [0.3, 0.4) is 0 Å². The molecule has 3 nitrogen and oxygen atoms in total. The van der Waals surface area contributed by atoms with Gasteiger partial charge in [0, 0.05) is 19.6 Å². The van der Waals surface area contributed by atoms with Gasteiger partial charge in [-0.3, -0.25) is 4.79 Å². The van der Waals surface area contributed by atoms with E-state index in [1.807, 2.05) is 11.9 Å². The van der Waals surface area contributed by atoms with E-state index in [9.17, 15) is 4.79 Å². The second-order valence-corrected chi connectivity index (χ2v) is 4.58. The van der Waals surface area contributed by atoms with Gasteiger partial charge in [0.25, 0.3) is 0 Å². The van der Waals surface area contributed by atoms with E-state index in [4.69, 9.17) is 0 Å². The van der Waals surface area contributed by atoms with Crippen molar-refractivity contribution in [3.8, 4) is 0 Å². The lowest BCUT2D eigenvalue weighted by Crippen LogP contribution is -2.47. The zero-order valence-corrected chi connectivity index (χ0v) is 8.96. The number of hydrogen-bond acceptors (Lipinski definition) is 2. The highest BCUT2D eigenvalue weighted by atomic mass is 16.2. The number of hydrogen-bond donors (Lipinski definition) is 1. The first kappa shape index (κ1) is 9.97. The van der Waals surface area contributed by atoms with E-state index >= 15 is 0 Å². The third kappa shape index (κ3) is 1.92. The smallest absolute Gasteiger partial charge is 0.226 e. The molecule has 80 valence electrons. The normalized spacial score (nSPS) is 28.2. The fourth-order valence-corrected chi connectivity index (χ4v) is 2.30. The average molecular weight is 196 g/mol. The Balaban J connectivity index is 1.85. The van der Waals surface area contributed by atoms with Gasteiger partial charge in [-0.25, -0.2) is 0 Å². The largest absolute Gasteiger partial charge is 0.342 e. The lowest BCUT2D eigenvalue weighted by molar-refractivity contribution is -0.138. The molecule has 1 aliphatic heterocycles. The molecule has 3 heteroatoms. The van der Waals surface area contributed by atoms with Gasteiger partial charge < -0.3 is 10.2 Å². The highest BCUT2D eigenvalue weighted by molar-refractivity contribution is 5.79. The van der Waals surface area contributed by atoms with Crippen LogP contribution in [-0.2, 0) is 4.79 Å². The Hall–Kier alpha value is -0.570. The molecule has 1 saturated carbocycles. The molecule has 0 aromatic carbocycles. The maximum absolute atomic E-state index is 12.0. The third-order valence-electron chi connectivity index (χ3n) is 3.62. The summed E-state index contributed by atoms with van der Waals surface area (Å²) in [6.07, 6.45) is 5.94. The summed E-state index contributed by atoms with van der Waals surface area (Å²) in [6.45, 7) is 1.97. The van der Waals surface area contributed by atoms with E-state index in [-0.39, 0.29) is 5.92 Å². The summed E-state index contributed by atoms with van der Waals surface area (Å²) in [6, 6.07) is 0.546. The van der Waals surface area contributed by atoms with Crippen LogP contribution in [-0.4, -0.2) is 37.0 Å². The Morgan fingerprint density at radius 1 is 1.29 bits per heavy atom. The number of piperidine rings is 1. The second-order valence-electron chi connectivity index (χ2n) is 4.58. The van der Waals surface area contributed by atoms with Crippen LogP contribution in [0.15, 0.2) is 0 Å². The Labute approximate surface area is 85.8 Å². The average Bonchev–Trinajstić information content (AvgIpc) is 2.15. The number of nitrogens with zero attached hydrogens (tertiary/aromatic N) is 1. The van der Waals surface area contributed by atoms with Crippen molar-refractivity contribution in [3.63, 3.8) is 0 Å². The van der Waals surface area contributed by atoms with Crippen molar-refractivity contribution in [3.05, 3.63) is 0 Å². The van der Waals surface area contributed by atoms with Gasteiger partial charge in [0.2, 0.25) is 5.91 Å². The molecule has 0 aromatic rings. The molecule has 0 aromatic heterocycles. The molecular formula is C11H20N2O. The third-order valence-corrected chi connectivity index (χ3v) is 3.62. The predicted octanol–water partition coefficient (Wildman–Crippen LogP) is 0.997. The van der Waals surface area contributed by atoms with E-state index in [2.05, 4.69) is 5.32 Å². The van der Waals surface area contributed by atoms with Gasteiger partial charge >= 0.3 is 0 Å². The van der Waals surface area contributed by atoms with Gasteiger partial charge in [0.05, 0.1) is 5.92 Å². The summed E-state index contributed by atoms with van der Waals surface area (Å²) in [5, 5.41) is 3.30. The first-order chi connectivity index (χ1) is 6.79. The lowest BCUT2D eigenvalue weighted by Gasteiger charge is -2.37. The van der Waals surface area contributed by atoms with Crippen LogP contribution in [0, 0.1) is 5.92 Å². The van der Waals surface area contributed by atoms with Gasteiger partial charge in [-0.15, -0.1) is 0 Å². The summed E-state index contributed by atoms with van der Waals surface area (Å²) in [5.41, 5.74) is 0. The van der Waals surface area contributed by atoms with Crippen LogP contribution in [0.25, 0.3) is 0 Å². The molecule has 0 bridgehead atoms. The molecule has 14 heavy (non-hydrogen) atoms. The van der Waals surface area contributed by atoms with Crippen molar-refractivity contribution in [2.24, 2.45) is 5.92 Å². The van der Waals surface area contributed by atoms with Gasteiger partial charge in [0.15, 0.2) is 0 Å². The van der Waals surface area contributed by atoms with Crippen molar-refractivity contribution in [1.29, 1.82) is 0 Å². The maximum Gasteiger partial charge on any atom is 0.226 e. The number of carbonyl (C=O) groups excluding carboxylic acids is 1. The highest BCUT2D eigenvalue weighted by Crippen LogP contribution is 2.25. The quantitative estimate of drug-likeness (QED) is 0.714. The van der Waals surface area contributed by atoms with Gasteiger partial charge in [-0.1, -0.05) is 0 Å². The Morgan fingerprint density at radius 3 is 2.57 bits per heavy atom. The summed E-state index contributed by atoms with van der Waals surface area (Å²) in [7, 11) is 1.97. The SMILES string of the molecule is CN(C(=O)[C@H]1CCCNC1)C1CCC1. The molecule has 1 amide bonds. The van der Waals surface area contributed by atoms with Crippen LogP contribution in [0.5, 0.6) is 0 Å². The first-order valence-electron chi connectivity index (χ1n) is 5.76. The summed E-state index contributed by atoms with van der Waals surface area (Å²) >= 11 is 0. The molecule has 1 aliphatic carbocycles. The fraction of sp³-hybridized carbons (Fsp3) is 0.909. The molecule has 1 N–H and O–H groups in total. The van der Waals surface area contributed by atoms with Crippen molar-refractivity contribution in [1.82, 2.24) is 10.2 Å². The van der Waals surface area contributed by atoms with E-state index in [0.29, 0.717) is 11.9 Å². The molecule has 2 rings (SSSR count). The van der Waals surface area contributed by atoms with E-state index in [1.54, 1.807) is 0 Å². The Morgan fingerprint density at radius 2 is 2.07 bits per heavy atom. The molecule has 1 atom stereocenters. The fourth-order valence-electron chi connectivity index (χ4n) is 2.30. The summed E-state index contributed by atoms with van der Waals surface area (Å²) in [5.74, 6) is 0.608. The minimum Gasteiger partial charge on any atom is -0.342 e. The summed E-state index contributed by atoms with van der Waals surface area (Å²) < 4.78 is 0.